The van der Waals surface area contributed by atoms with E-state index in [-0.39, 0.29) is 5.91 Å². The third kappa shape index (κ3) is 5.13. The van der Waals surface area contributed by atoms with Gasteiger partial charge in [-0.1, -0.05) is 6.92 Å². The van der Waals surface area contributed by atoms with Gasteiger partial charge < -0.3 is 4.90 Å². The minimum atomic E-state index is 0.265. The first-order valence-electron chi connectivity index (χ1n) is 3.95. The molecular formula is C8H17NOS. The lowest BCUT2D eigenvalue weighted by molar-refractivity contribution is -0.129. The molecule has 0 heterocycles. The van der Waals surface area contributed by atoms with Gasteiger partial charge in [-0.3, -0.25) is 4.79 Å². The fourth-order valence-electron chi connectivity index (χ4n) is 0.758. The molecule has 0 aromatic heterocycles. The van der Waals surface area contributed by atoms with Crippen LogP contribution in [0.4, 0.5) is 0 Å². The van der Waals surface area contributed by atoms with Crippen LogP contribution in [0.25, 0.3) is 0 Å². The molecule has 0 spiro atoms. The summed E-state index contributed by atoms with van der Waals surface area (Å²) in [4.78, 5) is 13.0. The molecule has 0 saturated heterocycles. The highest BCUT2D eigenvalue weighted by molar-refractivity contribution is 7.98. The zero-order valence-electron chi connectivity index (χ0n) is 7.59. The normalized spacial score (nSPS) is 9.73. The van der Waals surface area contributed by atoms with Crippen LogP contribution in [0.1, 0.15) is 19.8 Å². The second-order valence-corrected chi connectivity index (χ2v) is 3.54. The summed E-state index contributed by atoms with van der Waals surface area (Å²) in [5.41, 5.74) is 0. The molecule has 66 valence electrons. The Morgan fingerprint density at radius 1 is 1.55 bits per heavy atom. The Hall–Kier alpha value is -0.180. The number of hydrogen-bond acceptors (Lipinski definition) is 2. The summed E-state index contributed by atoms with van der Waals surface area (Å²) in [7, 11) is 1.87. The van der Waals surface area contributed by atoms with Crippen molar-refractivity contribution in [1.29, 1.82) is 0 Å². The number of rotatable bonds is 5. The van der Waals surface area contributed by atoms with E-state index >= 15 is 0 Å². The van der Waals surface area contributed by atoms with Crippen molar-refractivity contribution in [2.45, 2.75) is 19.8 Å². The van der Waals surface area contributed by atoms with E-state index in [0.29, 0.717) is 6.42 Å². The predicted octanol–water partition coefficient (Wildman–Crippen LogP) is 1.61. The van der Waals surface area contributed by atoms with Gasteiger partial charge in [-0.05, 0) is 12.7 Å². The van der Waals surface area contributed by atoms with Crippen molar-refractivity contribution in [2.75, 3.05) is 25.6 Å². The Kier molecular flexibility index (Phi) is 6.42. The molecule has 0 aromatic carbocycles. The van der Waals surface area contributed by atoms with Gasteiger partial charge in [0.25, 0.3) is 0 Å². The molecule has 0 rings (SSSR count). The van der Waals surface area contributed by atoms with Crippen molar-refractivity contribution < 1.29 is 4.79 Å². The Morgan fingerprint density at radius 3 is 2.64 bits per heavy atom. The lowest BCUT2D eigenvalue weighted by Crippen LogP contribution is -2.28. The lowest BCUT2D eigenvalue weighted by atomic mass is 10.3. The number of nitrogens with zero attached hydrogens (tertiary/aromatic N) is 1. The number of hydrogen-bond donors (Lipinski definition) is 0. The third-order valence-electron chi connectivity index (χ3n) is 1.52. The predicted molar refractivity (Wildman–Crippen MR) is 50.9 cm³/mol. The van der Waals surface area contributed by atoms with Gasteiger partial charge in [-0.25, -0.2) is 0 Å². The van der Waals surface area contributed by atoms with Crippen molar-refractivity contribution in [2.24, 2.45) is 0 Å². The van der Waals surface area contributed by atoms with E-state index in [9.17, 15) is 4.79 Å². The molecule has 0 aliphatic heterocycles. The van der Waals surface area contributed by atoms with Gasteiger partial charge in [0.2, 0.25) is 5.91 Å². The smallest absolute Gasteiger partial charge is 0.222 e. The van der Waals surface area contributed by atoms with Crippen molar-refractivity contribution in [3.63, 3.8) is 0 Å². The number of carbonyl (C=O) groups is 1. The zero-order valence-corrected chi connectivity index (χ0v) is 8.41. The van der Waals surface area contributed by atoms with Crippen LogP contribution in [0, 0.1) is 0 Å². The Balaban J connectivity index is 3.46. The molecule has 2 nitrogen and oxygen atoms in total. The van der Waals surface area contributed by atoms with Gasteiger partial charge in [0.1, 0.15) is 0 Å². The van der Waals surface area contributed by atoms with E-state index in [1.807, 2.05) is 14.0 Å². The molecule has 0 unspecified atom stereocenters. The second kappa shape index (κ2) is 6.53. The average Bonchev–Trinajstić information content (AvgIpc) is 2.00. The lowest BCUT2D eigenvalue weighted by Gasteiger charge is -2.15. The largest absolute Gasteiger partial charge is 0.345 e. The van der Waals surface area contributed by atoms with Crippen LogP contribution in [0.5, 0.6) is 0 Å². The Bertz CT molecular complexity index is 117. The molecule has 3 heteroatoms. The summed E-state index contributed by atoms with van der Waals surface area (Å²) in [5, 5.41) is 0. The van der Waals surface area contributed by atoms with Crippen LogP contribution in [0.2, 0.25) is 0 Å². The van der Waals surface area contributed by atoms with Crippen LogP contribution in [0.3, 0.4) is 0 Å². The molecule has 1 amide bonds. The van der Waals surface area contributed by atoms with Crippen LogP contribution >= 0.6 is 11.8 Å². The van der Waals surface area contributed by atoms with E-state index in [4.69, 9.17) is 0 Å². The van der Waals surface area contributed by atoms with Crippen LogP contribution in [0.15, 0.2) is 0 Å². The van der Waals surface area contributed by atoms with E-state index in [1.54, 1.807) is 16.7 Å². The standard InChI is InChI=1S/C8H17NOS/c1-4-5-8(10)9(2)6-7-11-3/h4-7H2,1-3H3. The van der Waals surface area contributed by atoms with Gasteiger partial charge in [0.15, 0.2) is 0 Å². The minimum Gasteiger partial charge on any atom is -0.345 e. The summed E-state index contributed by atoms with van der Waals surface area (Å²) in [5.74, 6) is 1.30. The first kappa shape index (κ1) is 10.8. The molecular weight excluding hydrogens is 158 g/mol. The molecule has 0 aliphatic carbocycles. The first-order chi connectivity index (χ1) is 5.22. The molecule has 0 N–H and O–H groups in total. The fourth-order valence-corrected chi connectivity index (χ4v) is 1.21. The van der Waals surface area contributed by atoms with Crippen LogP contribution in [-0.2, 0) is 4.79 Å². The Labute approximate surface area is 73.3 Å². The van der Waals surface area contributed by atoms with E-state index < -0.39 is 0 Å². The first-order valence-corrected chi connectivity index (χ1v) is 5.34. The molecule has 0 bridgehead atoms. The second-order valence-electron chi connectivity index (χ2n) is 2.56. The summed E-state index contributed by atoms with van der Waals surface area (Å²) >= 11 is 1.77. The number of carbonyl (C=O) groups excluding carboxylic acids is 1. The molecule has 0 radical (unpaired) electrons. The van der Waals surface area contributed by atoms with Crippen LogP contribution < -0.4 is 0 Å². The topological polar surface area (TPSA) is 20.3 Å². The number of thioether (sulfide) groups is 1. The molecule has 0 aliphatic rings. The van der Waals surface area contributed by atoms with E-state index in [2.05, 4.69) is 6.26 Å². The van der Waals surface area contributed by atoms with Crippen molar-refractivity contribution in [1.82, 2.24) is 4.90 Å². The molecule has 0 saturated carbocycles. The SMILES string of the molecule is CCCC(=O)N(C)CCSC. The van der Waals surface area contributed by atoms with E-state index in [1.165, 1.54) is 0 Å². The maximum absolute atomic E-state index is 11.2. The van der Waals surface area contributed by atoms with Gasteiger partial charge >= 0.3 is 0 Å². The third-order valence-corrected chi connectivity index (χ3v) is 2.11. The molecule has 0 aromatic rings. The zero-order chi connectivity index (χ0) is 8.69. The van der Waals surface area contributed by atoms with Crippen molar-refractivity contribution in [3.8, 4) is 0 Å². The Morgan fingerprint density at radius 2 is 2.18 bits per heavy atom. The molecule has 11 heavy (non-hydrogen) atoms. The van der Waals surface area contributed by atoms with E-state index in [0.717, 1.165) is 18.7 Å². The summed E-state index contributed by atoms with van der Waals surface area (Å²) in [6.07, 6.45) is 3.69. The number of amides is 1. The monoisotopic (exact) mass is 175 g/mol. The molecule has 0 atom stereocenters. The summed E-state index contributed by atoms with van der Waals surface area (Å²) in [6, 6.07) is 0. The van der Waals surface area contributed by atoms with Gasteiger partial charge in [-0.2, -0.15) is 11.8 Å². The highest BCUT2D eigenvalue weighted by Crippen LogP contribution is 1.97. The van der Waals surface area contributed by atoms with Crippen molar-refractivity contribution in [3.05, 3.63) is 0 Å². The minimum absolute atomic E-state index is 0.265. The molecule has 0 fully saturated rings. The van der Waals surface area contributed by atoms with Crippen molar-refractivity contribution >= 4 is 17.7 Å². The van der Waals surface area contributed by atoms with Crippen LogP contribution in [-0.4, -0.2) is 36.4 Å². The van der Waals surface area contributed by atoms with Gasteiger partial charge in [0, 0.05) is 25.8 Å². The summed E-state index contributed by atoms with van der Waals surface area (Å²) in [6.45, 7) is 2.90. The maximum atomic E-state index is 11.2. The highest BCUT2D eigenvalue weighted by atomic mass is 32.2. The van der Waals surface area contributed by atoms with Gasteiger partial charge in [-0.15, -0.1) is 0 Å². The van der Waals surface area contributed by atoms with Gasteiger partial charge in [0.05, 0.1) is 0 Å². The maximum Gasteiger partial charge on any atom is 0.222 e. The quantitative estimate of drug-likeness (QED) is 0.632. The average molecular weight is 175 g/mol. The summed E-state index contributed by atoms with van der Waals surface area (Å²) < 4.78 is 0. The highest BCUT2D eigenvalue weighted by Gasteiger charge is 2.04. The fraction of sp³-hybridized carbons (Fsp3) is 0.875.